The number of halogens is 4. The van der Waals surface area contributed by atoms with Gasteiger partial charge in [-0.1, -0.05) is 30.3 Å². The van der Waals surface area contributed by atoms with Crippen molar-refractivity contribution in [1.82, 2.24) is 15.2 Å². The fourth-order valence-corrected chi connectivity index (χ4v) is 3.56. The molecule has 0 aliphatic carbocycles. The van der Waals surface area contributed by atoms with Crippen LogP contribution in [0.15, 0.2) is 70.3 Å². The number of hydrogen-bond donors (Lipinski definition) is 1. The summed E-state index contributed by atoms with van der Waals surface area (Å²) in [4.78, 5) is 10.8. The summed E-state index contributed by atoms with van der Waals surface area (Å²) in [5.41, 5.74) is 1.41. The quantitative estimate of drug-likeness (QED) is 0.267. The third-order valence-electron chi connectivity index (χ3n) is 5.16. The van der Waals surface area contributed by atoms with Crippen molar-refractivity contribution in [3.63, 3.8) is 0 Å². The summed E-state index contributed by atoms with van der Waals surface area (Å²) in [6.07, 6.45) is -3.28. The van der Waals surface area contributed by atoms with E-state index < -0.39 is 17.8 Å². The molecule has 10 heteroatoms. The van der Waals surface area contributed by atoms with E-state index in [0.29, 0.717) is 49.3 Å². The van der Waals surface area contributed by atoms with Gasteiger partial charge in [-0.25, -0.2) is 4.98 Å². The van der Waals surface area contributed by atoms with Crippen molar-refractivity contribution in [3.05, 3.63) is 77.7 Å². The number of benzene rings is 2. The Morgan fingerprint density at radius 2 is 1.97 bits per heavy atom. The number of nitrogens with one attached hydrogen (secondary N) is 1. The van der Waals surface area contributed by atoms with Gasteiger partial charge in [-0.2, -0.15) is 13.2 Å². The largest absolute Gasteiger partial charge is 0.444 e. The maximum atomic E-state index is 13.1. The van der Waals surface area contributed by atoms with Gasteiger partial charge in [0.1, 0.15) is 12.4 Å². The van der Waals surface area contributed by atoms with E-state index in [9.17, 15) is 13.2 Å². The number of aliphatic imine (C=N–C) groups is 1. The predicted octanol–water partition coefficient (Wildman–Crippen LogP) is 5.13. The summed E-state index contributed by atoms with van der Waals surface area (Å²) in [7, 11) is 1.66. The zero-order chi connectivity index (χ0) is 22.6. The number of alkyl halides is 3. The molecule has 1 N–H and O–H groups in total. The van der Waals surface area contributed by atoms with Crippen molar-refractivity contribution in [3.8, 4) is 11.5 Å². The van der Waals surface area contributed by atoms with Gasteiger partial charge in [0.05, 0.1) is 31.0 Å². The summed E-state index contributed by atoms with van der Waals surface area (Å²) in [5.74, 6) is 1.16. The standard InChI is InChI=1S/C23H23F3N4O2.HI/c1-27-22(28-13-19-15-32-21(29-19)16-6-3-2-4-7-16)30-10-11-31-20(14-30)17-8-5-9-18(12-17)23(24,25)26;/h2-9,12,15,20H,10-11,13-14H2,1H3,(H,27,28);1H. The van der Waals surface area contributed by atoms with Crippen LogP contribution in [0.4, 0.5) is 13.2 Å². The minimum Gasteiger partial charge on any atom is -0.444 e. The minimum absolute atomic E-state index is 0. The molecule has 3 aromatic rings. The fraction of sp³-hybridized carbons (Fsp3) is 0.304. The van der Waals surface area contributed by atoms with Crippen LogP contribution in [-0.4, -0.2) is 42.6 Å². The molecule has 0 spiro atoms. The van der Waals surface area contributed by atoms with E-state index in [-0.39, 0.29) is 24.0 Å². The van der Waals surface area contributed by atoms with Crippen molar-refractivity contribution in [2.24, 2.45) is 4.99 Å². The van der Waals surface area contributed by atoms with E-state index in [1.165, 1.54) is 6.07 Å². The molecular formula is C23H24F3IN4O2. The molecule has 1 aliphatic rings. The monoisotopic (exact) mass is 572 g/mol. The third kappa shape index (κ3) is 6.26. The van der Waals surface area contributed by atoms with Crippen molar-refractivity contribution in [1.29, 1.82) is 0 Å². The molecule has 1 fully saturated rings. The van der Waals surface area contributed by atoms with Gasteiger partial charge in [-0.15, -0.1) is 24.0 Å². The highest BCUT2D eigenvalue weighted by Gasteiger charge is 2.32. The maximum Gasteiger partial charge on any atom is 0.416 e. The summed E-state index contributed by atoms with van der Waals surface area (Å²) >= 11 is 0. The second-order valence-electron chi connectivity index (χ2n) is 7.34. The highest BCUT2D eigenvalue weighted by Crippen LogP contribution is 2.32. The number of morpholine rings is 1. The average molecular weight is 572 g/mol. The maximum absolute atomic E-state index is 13.1. The van der Waals surface area contributed by atoms with Crippen LogP contribution in [0.2, 0.25) is 0 Å². The average Bonchev–Trinajstić information content (AvgIpc) is 3.29. The van der Waals surface area contributed by atoms with E-state index in [1.54, 1.807) is 19.4 Å². The smallest absolute Gasteiger partial charge is 0.416 e. The molecule has 1 atom stereocenters. The first-order valence-electron chi connectivity index (χ1n) is 10.2. The zero-order valence-corrected chi connectivity index (χ0v) is 20.2. The molecule has 1 aliphatic heterocycles. The minimum atomic E-state index is -4.39. The van der Waals surface area contributed by atoms with Gasteiger partial charge >= 0.3 is 6.18 Å². The molecule has 4 rings (SSSR count). The molecular weight excluding hydrogens is 548 g/mol. The summed E-state index contributed by atoms with van der Waals surface area (Å²) < 4.78 is 50.5. The molecule has 2 heterocycles. The summed E-state index contributed by atoms with van der Waals surface area (Å²) in [6, 6.07) is 14.9. The predicted molar refractivity (Wildman–Crippen MR) is 129 cm³/mol. The van der Waals surface area contributed by atoms with E-state index >= 15 is 0 Å². The Morgan fingerprint density at radius 1 is 1.18 bits per heavy atom. The van der Waals surface area contributed by atoms with Crippen LogP contribution in [0.1, 0.15) is 22.9 Å². The number of aromatic nitrogens is 1. The van der Waals surface area contributed by atoms with Crippen LogP contribution in [0, 0.1) is 0 Å². The van der Waals surface area contributed by atoms with Gasteiger partial charge < -0.3 is 19.4 Å². The number of guanidine groups is 1. The van der Waals surface area contributed by atoms with Gasteiger partial charge in [-0.3, -0.25) is 4.99 Å². The first-order chi connectivity index (χ1) is 15.4. The van der Waals surface area contributed by atoms with Crippen LogP contribution >= 0.6 is 24.0 Å². The lowest BCUT2D eigenvalue weighted by molar-refractivity contribution is -0.137. The van der Waals surface area contributed by atoms with Crippen LogP contribution in [0.3, 0.4) is 0 Å². The van der Waals surface area contributed by atoms with Crippen LogP contribution in [0.25, 0.3) is 11.5 Å². The lowest BCUT2D eigenvalue weighted by atomic mass is 10.0. The van der Waals surface area contributed by atoms with Gasteiger partial charge in [0.15, 0.2) is 5.96 Å². The fourth-order valence-electron chi connectivity index (χ4n) is 3.56. The second-order valence-corrected chi connectivity index (χ2v) is 7.34. The summed E-state index contributed by atoms with van der Waals surface area (Å²) in [5, 5.41) is 3.25. The van der Waals surface area contributed by atoms with Crippen molar-refractivity contribution in [2.45, 2.75) is 18.8 Å². The molecule has 0 radical (unpaired) electrons. The molecule has 1 saturated heterocycles. The molecule has 0 bridgehead atoms. The van der Waals surface area contributed by atoms with Crippen LogP contribution in [-0.2, 0) is 17.5 Å². The molecule has 0 saturated carbocycles. The molecule has 0 amide bonds. The van der Waals surface area contributed by atoms with Crippen LogP contribution < -0.4 is 5.32 Å². The first kappa shape index (κ1) is 25.0. The Balaban J connectivity index is 0.00000306. The van der Waals surface area contributed by atoms with Crippen molar-refractivity contribution >= 4 is 29.9 Å². The lowest BCUT2D eigenvalue weighted by Gasteiger charge is -2.35. The molecule has 176 valence electrons. The van der Waals surface area contributed by atoms with E-state index in [1.807, 2.05) is 35.2 Å². The highest BCUT2D eigenvalue weighted by molar-refractivity contribution is 14.0. The van der Waals surface area contributed by atoms with Crippen LogP contribution in [0.5, 0.6) is 0 Å². The molecule has 33 heavy (non-hydrogen) atoms. The first-order valence-corrected chi connectivity index (χ1v) is 10.2. The topological polar surface area (TPSA) is 62.9 Å². The third-order valence-corrected chi connectivity index (χ3v) is 5.16. The molecule has 6 nitrogen and oxygen atoms in total. The number of hydrogen-bond acceptors (Lipinski definition) is 4. The molecule has 1 unspecified atom stereocenters. The van der Waals surface area contributed by atoms with E-state index in [0.717, 1.165) is 17.7 Å². The zero-order valence-electron chi connectivity index (χ0n) is 17.9. The van der Waals surface area contributed by atoms with E-state index in [4.69, 9.17) is 9.15 Å². The Hall–Kier alpha value is -2.60. The van der Waals surface area contributed by atoms with Crippen molar-refractivity contribution in [2.75, 3.05) is 26.7 Å². The van der Waals surface area contributed by atoms with E-state index in [2.05, 4.69) is 15.3 Å². The number of oxazole rings is 1. The van der Waals surface area contributed by atoms with Gasteiger partial charge in [0, 0.05) is 19.2 Å². The molecule has 1 aromatic heterocycles. The SMILES string of the molecule is CN=C(NCc1coc(-c2ccccc2)n1)N1CCOC(c2cccc(C(F)(F)F)c2)C1.I. The van der Waals surface area contributed by atoms with Gasteiger partial charge in [0.2, 0.25) is 5.89 Å². The highest BCUT2D eigenvalue weighted by atomic mass is 127. The molecule has 2 aromatic carbocycles. The van der Waals surface area contributed by atoms with Gasteiger partial charge in [-0.05, 0) is 29.8 Å². The Labute approximate surface area is 206 Å². The number of nitrogens with zero attached hydrogens (tertiary/aromatic N) is 3. The van der Waals surface area contributed by atoms with Crippen molar-refractivity contribution < 1.29 is 22.3 Å². The Morgan fingerprint density at radius 3 is 2.70 bits per heavy atom. The number of ether oxygens (including phenoxy) is 1. The summed E-state index contributed by atoms with van der Waals surface area (Å²) in [6.45, 7) is 1.73. The second kappa shape index (κ2) is 11.0. The Kier molecular flexibility index (Phi) is 8.35. The van der Waals surface area contributed by atoms with Gasteiger partial charge in [0.25, 0.3) is 0 Å². The number of rotatable bonds is 4. The Bertz CT molecular complexity index is 1070. The normalized spacial score (nSPS) is 16.9. The lowest BCUT2D eigenvalue weighted by Crippen LogP contribution is -2.48.